The lowest BCUT2D eigenvalue weighted by Gasteiger charge is -2.14. The van der Waals surface area contributed by atoms with Gasteiger partial charge in [0.25, 0.3) is 0 Å². The van der Waals surface area contributed by atoms with Crippen molar-refractivity contribution >= 4 is 21.9 Å². The minimum absolute atomic E-state index is 0.256. The van der Waals surface area contributed by atoms with Gasteiger partial charge in [-0.2, -0.15) is 0 Å². The van der Waals surface area contributed by atoms with Crippen LogP contribution in [0.3, 0.4) is 0 Å². The normalized spacial score (nSPS) is 13.2. The molecule has 1 atom stereocenters. The van der Waals surface area contributed by atoms with Crippen LogP contribution in [0.25, 0.3) is 0 Å². The summed E-state index contributed by atoms with van der Waals surface area (Å²) in [5, 5.41) is 3.03. The molecule has 1 rings (SSSR count). The summed E-state index contributed by atoms with van der Waals surface area (Å²) in [6.07, 6.45) is 5.51. The van der Waals surface area contributed by atoms with Crippen molar-refractivity contribution in [3.63, 3.8) is 0 Å². The van der Waals surface area contributed by atoms with Crippen molar-refractivity contribution in [1.29, 1.82) is 0 Å². The van der Waals surface area contributed by atoms with Crippen molar-refractivity contribution in [2.45, 2.75) is 19.9 Å². The van der Waals surface area contributed by atoms with Crippen LogP contribution in [-0.2, 0) is 0 Å². The third kappa shape index (κ3) is 4.80. The first-order chi connectivity index (χ1) is 8.52. The molecule has 3 N–H and O–H groups in total. The Morgan fingerprint density at radius 1 is 1.44 bits per heavy atom. The molecule has 1 aromatic carbocycles. The van der Waals surface area contributed by atoms with Crippen molar-refractivity contribution < 1.29 is 0 Å². The van der Waals surface area contributed by atoms with Gasteiger partial charge >= 0.3 is 0 Å². The number of hydrogen-bond donors (Lipinski definition) is 2. The fraction of sp³-hybridized carbons (Fsp3) is 0.357. The number of nitrogens with zero attached hydrogens (tertiary/aromatic N) is 1. The molecular weight excluding hydrogens is 290 g/mol. The highest BCUT2D eigenvalue weighted by molar-refractivity contribution is 9.10. The van der Waals surface area contributed by atoms with Gasteiger partial charge < -0.3 is 11.1 Å². The van der Waals surface area contributed by atoms with Crippen LogP contribution < -0.4 is 11.1 Å². The molecule has 0 bridgehead atoms. The third-order valence-electron chi connectivity index (χ3n) is 2.29. The van der Waals surface area contributed by atoms with Gasteiger partial charge in [0.05, 0.1) is 0 Å². The van der Waals surface area contributed by atoms with E-state index in [1.54, 1.807) is 0 Å². The number of guanidine groups is 1. The Labute approximate surface area is 117 Å². The number of terminal acetylenes is 1. The summed E-state index contributed by atoms with van der Waals surface area (Å²) in [5.74, 6) is 3.53. The fourth-order valence-electron chi connectivity index (χ4n) is 1.35. The van der Waals surface area contributed by atoms with Gasteiger partial charge in [0.1, 0.15) is 6.04 Å². The van der Waals surface area contributed by atoms with Crippen LogP contribution in [0.5, 0.6) is 0 Å². The standard InChI is InChI=1S/C14H18BrN3/c1-4-13(11-5-7-12(15)8-6-11)18-14(16)17-9-10(2)3/h1,5-8,10,13H,9H2,2-3H3,(H3,16,17,18). The van der Waals surface area contributed by atoms with Crippen LogP contribution in [-0.4, -0.2) is 12.5 Å². The topological polar surface area (TPSA) is 50.4 Å². The zero-order chi connectivity index (χ0) is 13.5. The molecule has 0 aliphatic heterocycles. The second-order valence-electron chi connectivity index (χ2n) is 4.42. The third-order valence-corrected chi connectivity index (χ3v) is 2.82. The molecule has 18 heavy (non-hydrogen) atoms. The Hall–Kier alpha value is -1.47. The first kappa shape index (κ1) is 14.6. The van der Waals surface area contributed by atoms with Gasteiger partial charge in [0.15, 0.2) is 5.96 Å². The maximum Gasteiger partial charge on any atom is 0.189 e. The summed E-state index contributed by atoms with van der Waals surface area (Å²) < 4.78 is 1.02. The Morgan fingerprint density at radius 2 is 2.06 bits per heavy atom. The molecule has 1 aromatic rings. The molecule has 0 fully saturated rings. The van der Waals surface area contributed by atoms with Crippen LogP contribution in [0.15, 0.2) is 33.7 Å². The van der Waals surface area contributed by atoms with Crippen LogP contribution >= 0.6 is 15.9 Å². The van der Waals surface area contributed by atoms with E-state index in [9.17, 15) is 0 Å². The van der Waals surface area contributed by atoms with Crippen molar-refractivity contribution in [2.75, 3.05) is 6.54 Å². The smallest absolute Gasteiger partial charge is 0.189 e. The molecule has 3 nitrogen and oxygen atoms in total. The lowest BCUT2D eigenvalue weighted by Crippen LogP contribution is -2.34. The number of nitrogens with one attached hydrogen (secondary N) is 1. The maximum absolute atomic E-state index is 5.80. The van der Waals surface area contributed by atoms with E-state index in [2.05, 4.69) is 46.0 Å². The van der Waals surface area contributed by atoms with Crippen molar-refractivity contribution in [3.05, 3.63) is 34.3 Å². The van der Waals surface area contributed by atoms with Crippen LogP contribution in [0.2, 0.25) is 0 Å². The second-order valence-corrected chi connectivity index (χ2v) is 5.33. The SMILES string of the molecule is C#CC(NC(N)=NCC(C)C)c1ccc(Br)cc1. The van der Waals surface area contributed by atoms with E-state index >= 15 is 0 Å². The minimum atomic E-state index is -0.256. The van der Waals surface area contributed by atoms with Gasteiger partial charge in [-0.05, 0) is 23.6 Å². The lowest BCUT2D eigenvalue weighted by molar-refractivity contribution is 0.659. The number of halogens is 1. The van der Waals surface area contributed by atoms with Crippen LogP contribution in [0.4, 0.5) is 0 Å². The van der Waals surface area contributed by atoms with E-state index in [0.29, 0.717) is 18.4 Å². The average molecular weight is 308 g/mol. The molecule has 0 radical (unpaired) electrons. The van der Waals surface area contributed by atoms with E-state index in [4.69, 9.17) is 12.2 Å². The summed E-state index contributed by atoms with van der Waals surface area (Å²) in [4.78, 5) is 4.23. The molecule has 0 spiro atoms. The van der Waals surface area contributed by atoms with Crippen LogP contribution in [0.1, 0.15) is 25.5 Å². The highest BCUT2D eigenvalue weighted by Gasteiger charge is 2.08. The zero-order valence-corrected chi connectivity index (χ0v) is 12.2. The Kier molecular flexibility index (Phi) is 5.73. The van der Waals surface area contributed by atoms with Crippen molar-refractivity contribution in [2.24, 2.45) is 16.6 Å². The summed E-state index contributed by atoms with van der Waals surface area (Å²) in [6.45, 7) is 4.87. The van der Waals surface area contributed by atoms with E-state index < -0.39 is 0 Å². The summed E-state index contributed by atoms with van der Waals surface area (Å²) in [5.41, 5.74) is 6.79. The molecular formula is C14H18BrN3. The molecule has 0 aromatic heterocycles. The molecule has 0 amide bonds. The van der Waals surface area contributed by atoms with Gasteiger partial charge in [-0.3, -0.25) is 4.99 Å². The van der Waals surface area contributed by atoms with Gasteiger partial charge in [0, 0.05) is 11.0 Å². The molecule has 0 aliphatic carbocycles. The van der Waals surface area contributed by atoms with Crippen LogP contribution in [0, 0.1) is 18.3 Å². The van der Waals surface area contributed by atoms with Gasteiger partial charge in [-0.1, -0.05) is 47.8 Å². The molecule has 0 saturated heterocycles. The molecule has 0 saturated carbocycles. The Bertz CT molecular complexity index is 443. The van der Waals surface area contributed by atoms with Gasteiger partial charge in [-0.25, -0.2) is 0 Å². The van der Waals surface area contributed by atoms with E-state index in [-0.39, 0.29) is 6.04 Å². The second kappa shape index (κ2) is 7.07. The molecule has 4 heteroatoms. The summed E-state index contributed by atoms with van der Waals surface area (Å²) in [7, 11) is 0. The quantitative estimate of drug-likeness (QED) is 0.510. The number of aliphatic imine (C=N–C) groups is 1. The van der Waals surface area contributed by atoms with E-state index in [0.717, 1.165) is 10.0 Å². The minimum Gasteiger partial charge on any atom is -0.370 e. The van der Waals surface area contributed by atoms with Crippen molar-refractivity contribution in [3.8, 4) is 12.3 Å². The number of rotatable bonds is 4. The average Bonchev–Trinajstić information content (AvgIpc) is 2.34. The van der Waals surface area contributed by atoms with Crippen molar-refractivity contribution in [1.82, 2.24) is 5.32 Å². The molecule has 1 unspecified atom stereocenters. The predicted molar refractivity (Wildman–Crippen MR) is 80.2 cm³/mol. The number of hydrogen-bond acceptors (Lipinski definition) is 1. The van der Waals surface area contributed by atoms with E-state index in [1.165, 1.54) is 0 Å². The van der Waals surface area contributed by atoms with Gasteiger partial charge in [-0.15, -0.1) is 6.42 Å². The highest BCUT2D eigenvalue weighted by atomic mass is 79.9. The Balaban J connectivity index is 2.71. The zero-order valence-electron chi connectivity index (χ0n) is 10.7. The molecule has 0 aliphatic rings. The maximum atomic E-state index is 5.80. The Morgan fingerprint density at radius 3 is 2.56 bits per heavy atom. The van der Waals surface area contributed by atoms with E-state index in [1.807, 2.05) is 24.3 Å². The number of benzene rings is 1. The largest absolute Gasteiger partial charge is 0.370 e. The predicted octanol–water partition coefficient (Wildman–Crippen LogP) is 2.68. The first-order valence-electron chi connectivity index (χ1n) is 5.81. The summed E-state index contributed by atoms with van der Waals surface area (Å²) >= 11 is 3.39. The fourth-order valence-corrected chi connectivity index (χ4v) is 1.62. The van der Waals surface area contributed by atoms with Gasteiger partial charge in [0.2, 0.25) is 0 Å². The highest BCUT2D eigenvalue weighted by Crippen LogP contribution is 2.16. The lowest BCUT2D eigenvalue weighted by atomic mass is 10.1. The monoisotopic (exact) mass is 307 g/mol. The molecule has 0 heterocycles. The first-order valence-corrected chi connectivity index (χ1v) is 6.60. The molecule has 96 valence electrons. The number of nitrogens with two attached hydrogens (primary N) is 1. The summed E-state index contributed by atoms with van der Waals surface area (Å²) in [6, 6.07) is 7.55.